The highest BCUT2D eigenvalue weighted by molar-refractivity contribution is 8.12. The second-order valence-corrected chi connectivity index (χ2v) is 5.22. The summed E-state index contributed by atoms with van der Waals surface area (Å²) in [6.07, 6.45) is 0. The van der Waals surface area contributed by atoms with Crippen LogP contribution in [0.1, 0.15) is 22.5 Å². The molecule has 0 saturated carbocycles. The van der Waals surface area contributed by atoms with Gasteiger partial charge in [0, 0.05) is 17.6 Å². The summed E-state index contributed by atoms with van der Waals surface area (Å²) < 4.78 is 0. The zero-order valence-electron chi connectivity index (χ0n) is 7.46. The van der Waals surface area contributed by atoms with E-state index in [0.29, 0.717) is 11.6 Å². The van der Waals surface area contributed by atoms with Crippen molar-refractivity contribution in [3.8, 4) is 0 Å². The molecule has 1 aromatic rings. The van der Waals surface area contributed by atoms with Gasteiger partial charge >= 0.3 is 0 Å². The first-order valence-electron chi connectivity index (χ1n) is 3.78. The molecule has 1 heterocycles. The fraction of sp³-hybridized carbons (Fsp3) is 0.500. The third-order valence-corrected chi connectivity index (χ3v) is 3.68. The lowest BCUT2D eigenvalue weighted by Crippen LogP contribution is -1.89. The topological polar surface area (TPSA) is 30.0 Å². The smallest absolute Gasteiger partial charge is 0.186 e. The van der Waals surface area contributed by atoms with E-state index in [1.165, 1.54) is 11.8 Å². The summed E-state index contributed by atoms with van der Waals surface area (Å²) in [5, 5.41) is 1.13. The molecule has 5 heteroatoms. The predicted octanol–water partition coefficient (Wildman–Crippen LogP) is 2.97. The van der Waals surface area contributed by atoms with Gasteiger partial charge in [0.1, 0.15) is 0 Å². The maximum absolute atomic E-state index is 10.7. The van der Waals surface area contributed by atoms with E-state index in [9.17, 15) is 4.79 Å². The van der Waals surface area contributed by atoms with E-state index < -0.39 is 0 Å². The van der Waals surface area contributed by atoms with Gasteiger partial charge in [-0.25, -0.2) is 4.98 Å². The highest BCUT2D eigenvalue weighted by atomic mass is 35.5. The lowest BCUT2D eigenvalue weighted by Gasteiger charge is -1.95. The Bertz CT molecular complexity index is 311. The summed E-state index contributed by atoms with van der Waals surface area (Å²) in [7, 11) is 0. The van der Waals surface area contributed by atoms with Gasteiger partial charge in [0.2, 0.25) is 0 Å². The maximum Gasteiger partial charge on any atom is 0.186 e. The van der Waals surface area contributed by atoms with Crippen LogP contribution < -0.4 is 0 Å². The number of thioether (sulfide) groups is 1. The lowest BCUT2D eigenvalue weighted by atomic mass is 10.4. The van der Waals surface area contributed by atoms with Gasteiger partial charge in [0.05, 0.1) is 16.6 Å². The molecule has 13 heavy (non-hydrogen) atoms. The number of aromatic nitrogens is 1. The molecule has 0 spiro atoms. The van der Waals surface area contributed by atoms with Gasteiger partial charge in [-0.2, -0.15) is 0 Å². The Hall–Kier alpha value is -0.0600. The van der Waals surface area contributed by atoms with Gasteiger partial charge < -0.3 is 0 Å². The fourth-order valence-corrected chi connectivity index (χ4v) is 2.69. The van der Waals surface area contributed by atoms with Gasteiger partial charge in [0.15, 0.2) is 5.12 Å². The Kier molecular flexibility index (Phi) is 4.22. The third kappa shape index (κ3) is 3.29. The first kappa shape index (κ1) is 11.0. The van der Waals surface area contributed by atoms with Crippen molar-refractivity contribution in [1.82, 2.24) is 4.98 Å². The van der Waals surface area contributed by atoms with E-state index in [4.69, 9.17) is 11.6 Å². The number of halogens is 1. The molecule has 1 rings (SSSR count). The van der Waals surface area contributed by atoms with Crippen LogP contribution in [0.2, 0.25) is 0 Å². The zero-order chi connectivity index (χ0) is 9.84. The standard InChI is InChI=1S/C8H10ClNOS2/c1-5-10-7(4-12-6(2)11)8(3-9)13-5/h3-4H2,1-2H3. The van der Waals surface area contributed by atoms with Gasteiger partial charge in [-0.3, -0.25) is 4.79 Å². The Balaban J connectivity index is 2.69. The molecule has 0 amide bonds. The number of thiazole rings is 1. The second kappa shape index (κ2) is 4.98. The molecule has 0 unspecified atom stereocenters. The summed E-state index contributed by atoms with van der Waals surface area (Å²) in [5.41, 5.74) is 0.956. The molecule has 1 aromatic heterocycles. The largest absolute Gasteiger partial charge is 0.288 e. The van der Waals surface area contributed by atoms with E-state index in [2.05, 4.69) is 4.98 Å². The van der Waals surface area contributed by atoms with Gasteiger partial charge in [-0.1, -0.05) is 11.8 Å². The number of aryl methyl sites for hydroxylation is 1. The summed E-state index contributed by atoms with van der Waals surface area (Å²) in [4.78, 5) is 16.1. The average Bonchev–Trinajstić information content (AvgIpc) is 2.42. The van der Waals surface area contributed by atoms with E-state index in [1.807, 2.05) is 6.92 Å². The Morgan fingerprint density at radius 2 is 2.38 bits per heavy atom. The van der Waals surface area contributed by atoms with Crippen LogP contribution in [0.25, 0.3) is 0 Å². The van der Waals surface area contributed by atoms with Crippen LogP contribution in [-0.4, -0.2) is 10.1 Å². The molecule has 0 radical (unpaired) electrons. The van der Waals surface area contributed by atoms with Crippen LogP contribution in [0.15, 0.2) is 0 Å². The molecule has 0 aliphatic heterocycles. The summed E-state index contributed by atoms with van der Waals surface area (Å²) in [5.74, 6) is 1.13. The van der Waals surface area contributed by atoms with E-state index in [0.717, 1.165) is 15.6 Å². The van der Waals surface area contributed by atoms with E-state index in [-0.39, 0.29) is 5.12 Å². The summed E-state index contributed by atoms with van der Waals surface area (Å²) >= 11 is 8.61. The predicted molar refractivity (Wildman–Crippen MR) is 58.4 cm³/mol. The molecule has 0 saturated heterocycles. The van der Waals surface area contributed by atoms with Crippen molar-refractivity contribution in [3.05, 3.63) is 15.6 Å². The highest BCUT2D eigenvalue weighted by Crippen LogP contribution is 2.23. The number of carbonyl (C=O) groups is 1. The van der Waals surface area contributed by atoms with E-state index in [1.54, 1.807) is 18.3 Å². The molecule has 0 aliphatic rings. The van der Waals surface area contributed by atoms with Gasteiger partial charge in [-0.15, -0.1) is 22.9 Å². The van der Waals surface area contributed by atoms with Crippen LogP contribution in [0.5, 0.6) is 0 Å². The average molecular weight is 236 g/mol. The van der Waals surface area contributed by atoms with Crippen molar-refractivity contribution in [2.75, 3.05) is 0 Å². The van der Waals surface area contributed by atoms with Gasteiger partial charge in [-0.05, 0) is 6.92 Å². The molecule has 2 nitrogen and oxygen atoms in total. The van der Waals surface area contributed by atoms with Crippen molar-refractivity contribution in [2.45, 2.75) is 25.5 Å². The summed E-state index contributed by atoms with van der Waals surface area (Å²) in [6, 6.07) is 0. The molecule has 0 atom stereocenters. The zero-order valence-corrected chi connectivity index (χ0v) is 9.85. The molecule has 0 N–H and O–H groups in total. The number of carbonyl (C=O) groups excluding carboxylic acids is 1. The van der Waals surface area contributed by atoms with Crippen LogP contribution in [-0.2, 0) is 16.4 Å². The molecular formula is C8H10ClNOS2. The second-order valence-electron chi connectivity index (χ2n) is 2.52. The molecule has 0 aromatic carbocycles. The quantitative estimate of drug-likeness (QED) is 0.755. The molecular weight excluding hydrogens is 226 g/mol. The monoisotopic (exact) mass is 235 g/mol. The van der Waals surface area contributed by atoms with Crippen LogP contribution in [0.3, 0.4) is 0 Å². The molecule has 72 valence electrons. The maximum atomic E-state index is 10.7. The number of nitrogens with zero attached hydrogens (tertiary/aromatic N) is 1. The van der Waals surface area contributed by atoms with Crippen LogP contribution in [0.4, 0.5) is 0 Å². The normalized spacial score (nSPS) is 10.4. The number of rotatable bonds is 3. The molecule has 0 bridgehead atoms. The van der Waals surface area contributed by atoms with Crippen molar-refractivity contribution in [1.29, 1.82) is 0 Å². The van der Waals surface area contributed by atoms with Crippen molar-refractivity contribution in [3.63, 3.8) is 0 Å². The highest BCUT2D eigenvalue weighted by Gasteiger charge is 2.08. The Morgan fingerprint density at radius 1 is 1.69 bits per heavy atom. The van der Waals surface area contributed by atoms with Crippen molar-refractivity contribution < 1.29 is 4.79 Å². The van der Waals surface area contributed by atoms with E-state index >= 15 is 0 Å². The third-order valence-electron chi connectivity index (χ3n) is 1.42. The number of hydrogen-bond donors (Lipinski definition) is 0. The van der Waals surface area contributed by atoms with Crippen molar-refractivity contribution in [2.24, 2.45) is 0 Å². The lowest BCUT2D eigenvalue weighted by molar-refractivity contribution is -0.109. The first-order valence-corrected chi connectivity index (χ1v) is 6.11. The number of alkyl halides is 1. The Morgan fingerprint density at radius 3 is 2.92 bits per heavy atom. The Labute approximate surface area is 90.7 Å². The van der Waals surface area contributed by atoms with Crippen LogP contribution in [0, 0.1) is 6.92 Å². The minimum atomic E-state index is 0.117. The summed E-state index contributed by atoms with van der Waals surface area (Å²) in [6.45, 7) is 3.51. The minimum Gasteiger partial charge on any atom is -0.288 e. The van der Waals surface area contributed by atoms with Crippen molar-refractivity contribution >= 4 is 39.8 Å². The first-order chi connectivity index (χ1) is 6.13. The fourth-order valence-electron chi connectivity index (χ4n) is 0.900. The van der Waals surface area contributed by atoms with Gasteiger partial charge in [0.25, 0.3) is 0 Å². The van der Waals surface area contributed by atoms with Crippen LogP contribution >= 0.6 is 34.7 Å². The molecule has 0 aliphatic carbocycles. The number of hydrogen-bond acceptors (Lipinski definition) is 4. The SMILES string of the molecule is CC(=O)SCc1nc(C)sc1CCl. The minimum absolute atomic E-state index is 0.117. The molecule has 0 fully saturated rings.